The van der Waals surface area contributed by atoms with E-state index in [2.05, 4.69) is 28.0 Å². The summed E-state index contributed by atoms with van der Waals surface area (Å²) in [5.41, 5.74) is 3.27. The highest BCUT2D eigenvalue weighted by Gasteiger charge is 2.29. The number of pyridine rings is 1. The van der Waals surface area contributed by atoms with E-state index in [1.54, 1.807) is 0 Å². The van der Waals surface area contributed by atoms with Crippen molar-refractivity contribution >= 4 is 5.91 Å². The highest BCUT2D eigenvalue weighted by molar-refractivity contribution is 5.76. The Morgan fingerprint density at radius 2 is 2.21 bits per heavy atom. The number of carbonyl (C=O) groups excluding carboxylic acids is 1. The molecule has 1 atom stereocenters. The van der Waals surface area contributed by atoms with Crippen molar-refractivity contribution in [2.24, 2.45) is 0 Å². The topological polar surface area (TPSA) is 51.0 Å². The van der Waals surface area contributed by atoms with Gasteiger partial charge in [-0.2, -0.15) is 5.10 Å². The molecule has 0 bridgehead atoms. The monoisotopic (exact) mass is 326 g/mol. The molecule has 0 unspecified atom stereocenters. The van der Waals surface area contributed by atoms with Crippen molar-refractivity contribution in [2.75, 3.05) is 6.54 Å². The Morgan fingerprint density at radius 1 is 1.33 bits per heavy atom. The number of aryl methyl sites for hydroxylation is 3. The Bertz CT molecular complexity index is 680. The summed E-state index contributed by atoms with van der Waals surface area (Å²) in [6.45, 7) is 5.78. The van der Waals surface area contributed by atoms with Gasteiger partial charge < -0.3 is 4.90 Å². The number of rotatable bonds is 6. The first-order valence-electron chi connectivity index (χ1n) is 8.84. The van der Waals surface area contributed by atoms with E-state index in [1.165, 1.54) is 5.69 Å². The van der Waals surface area contributed by atoms with Crippen LogP contribution in [0, 0.1) is 13.8 Å². The highest BCUT2D eigenvalue weighted by Crippen LogP contribution is 2.21. The first-order valence-corrected chi connectivity index (χ1v) is 8.84. The maximum atomic E-state index is 12.6. The summed E-state index contributed by atoms with van der Waals surface area (Å²) in [6.07, 6.45) is 6.30. The van der Waals surface area contributed by atoms with Gasteiger partial charge in [-0.1, -0.05) is 6.07 Å². The molecule has 1 saturated heterocycles. The molecule has 0 N–H and O–H groups in total. The molecule has 3 rings (SSSR count). The lowest BCUT2D eigenvalue weighted by Crippen LogP contribution is -2.38. The molecule has 0 aromatic carbocycles. The third-order valence-corrected chi connectivity index (χ3v) is 4.73. The van der Waals surface area contributed by atoms with Crippen LogP contribution in [0.1, 0.15) is 42.8 Å². The molecule has 128 valence electrons. The van der Waals surface area contributed by atoms with Crippen molar-refractivity contribution in [1.29, 1.82) is 0 Å². The van der Waals surface area contributed by atoms with Crippen molar-refractivity contribution in [3.8, 4) is 0 Å². The van der Waals surface area contributed by atoms with Crippen molar-refractivity contribution < 1.29 is 4.79 Å². The van der Waals surface area contributed by atoms with E-state index in [-0.39, 0.29) is 11.9 Å². The average Bonchev–Trinajstić information content (AvgIpc) is 3.15. The van der Waals surface area contributed by atoms with Crippen molar-refractivity contribution in [3.63, 3.8) is 0 Å². The molecular formula is C19H26N4O. The van der Waals surface area contributed by atoms with Gasteiger partial charge in [0.05, 0.1) is 18.3 Å². The van der Waals surface area contributed by atoms with Crippen LogP contribution < -0.4 is 0 Å². The normalized spacial score (nSPS) is 17.4. The molecule has 0 aliphatic carbocycles. The summed E-state index contributed by atoms with van der Waals surface area (Å²) < 4.78 is 2.04. The van der Waals surface area contributed by atoms with Gasteiger partial charge in [0.2, 0.25) is 5.91 Å². The molecular weight excluding hydrogens is 300 g/mol. The second-order valence-corrected chi connectivity index (χ2v) is 6.67. The second kappa shape index (κ2) is 7.60. The van der Waals surface area contributed by atoms with Gasteiger partial charge in [-0.25, -0.2) is 0 Å². The molecule has 24 heavy (non-hydrogen) atoms. The van der Waals surface area contributed by atoms with Crippen LogP contribution >= 0.6 is 0 Å². The maximum absolute atomic E-state index is 12.6. The number of likely N-dealkylation sites (tertiary alicyclic amines) is 1. The highest BCUT2D eigenvalue weighted by atomic mass is 16.2. The minimum absolute atomic E-state index is 0.273. The predicted molar refractivity (Wildman–Crippen MR) is 93.6 cm³/mol. The lowest BCUT2D eigenvalue weighted by molar-refractivity contribution is -0.132. The number of amides is 1. The Kier molecular flexibility index (Phi) is 5.28. The number of carbonyl (C=O) groups is 1. The molecule has 3 heterocycles. The van der Waals surface area contributed by atoms with Crippen molar-refractivity contribution in [1.82, 2.24) is 19.7 Å². The van der Waals surface area contributed by atoms with E-state index in [1.807, 2.05) is 36.0 Å². The molecule has 0 spiro atoms. The molecule has 1 amide bonds. The third-order valence-electron chi connectivity index (χ3n) is 4.73. The first kappa shape index (κ1) is 16.7. The van der Waals surface area contributed by atoms with Crippen LogP contribution in [0.4, 0.5) is 0 Å². The number of hydrogen-bond acceptors (Lipinski definition) is 3. The van der Waals surface area contributed by atoms with E-state index in [4.69, 9.17) is 0 Å². The van der Waals surface area contributed by atoms with Gasteiger partial charge in [0.1, 0.15) is 0 Å². The van der Waals surface area contributed by atoms with Crippen LogP contribution in [0.15, 0.2) is 30.5 Å². The van der Waals surface area contributed by atoms with Gasteiger partial charge in [-0.15, -0.1) is 0 Å². The Morgan fingerprint density at radius 3 is 2.92 bits per heavy atom. The number of hydrogen-bond donors (Lipinski definition) is 0. The zero-order valence-electron chi connectivity index (χ0n) is 14.6. The third kappa shape index (κ3) is 4.02. The van der Waals surface area contributed by atoms with Gasteiger partial charge in [-0.3, -0.25) is 14.5 Å². The molecule has 2 aromatic rings. The van der Waals surface area contributed by atoms with Crippen LogP contribution in [0.5, 0.6) is 0 Å². The van der Waals surface area contributed by atoms with Crippen LogP contribution in [0.3, 0.4) is 0 Å². The fourth-order valence-electron chi connectivity index (χ4n) is 3.52. The fourth-order valence-corrected chi connectivity index (χ4v) is 3.52. The standard InChI is InChI=1S/C19H26N4O/c1-15-13-16(2)23(21-15)14-18-9-6-12-22(18)19(24)10-5-8-17-7-3-4-11-20-17/h3-4,7,11,13,18H,5-6,8-10,12,14H2,1-2H3/t18-/m1/s1. The zero-order valence-corrected chi connectivity index (χ0v) is 14.6. The molecule has 0 saturated carbocycles. The van der Waals surface area contributed by atoms with Gasteiger partial charge in [0.25, 0.3) is 0 Å². The van der Waals surface area contributed by atoms with Gasteiger partial charge in [0, 0.05) is 30.6 Å². The largest absolute Gasteiger partial charge is 0.338 e. The summed E-state index contributed by atoms with van der Waals surface area (Å²) in [7, 11) is 0. The summed E-state index contributed by atoms with van der Waals surface area (Å²) >= 11 is 0. The number of aromatic nitrogens is 3. The fraction of sp³-hybridized carbons (Fsp3) is 0.526. The van der Waals surface area contributed by atoms with E-state index in [0.29, 0.717) is 6.42 Å². The van der Waals surface area contributed by atoms with Crippen LogP contribution in [-0.4, -0.2) is 38.2 Å². The molecule has 5 nitrogen and oxygen atoms in total. The quantitative estimate of drug-likeness (QED) is 0.820. The van der Waals surface area contributed by atoms with E-state index < -0.39 is 0 Å². The Labute approximate surface area is 143 Å². The van der Waals surface area contributed by atoms with Gasteiger partial charge in [-0.05, 0) is 57.7 Å². The van der Waals surface area contributed by atoms with Crippen LogP contribution in [0.2, 0.25) is 0 Å². The lowest BCUT2D eigenvalue weighted by atomic mass is 10.1. The summed E-state index contributed by atoms with van der Waals surface area (Å²) in [5.74, 6) is 0.273. The Hall–Kier alpha value is -2.17. The molecule has 1 aliphatic rings. The van der Waals surface area contributed by atoms with Crippen molar-refractivity contribution in [2.45, 2.75) is 58.5 Å². The lowest BCUT2D eigenvalue weighted by Gasteiger charge is -2.25. The first-order chi connectivity index (χ1) is 11.6. The molecule has 1 fully saturated rings. The minimum Gasteiger partial charge on any atom is -0.338 e. The summed E-state index contributed by atoms with van der Waals surface area (Å²) in [6, 6.07) is 8.31. The average molecular weight is 326 g/mol. The molecule has 5 heteroatoms. The van der Waals surface area contributed by atoms with Crippen LogP contribution in [0.25, 0.3) is 0 Å². The SMILES string of the molecule is Cc1cc(C)n(C[C@H]2CCCN2C(=O)CCCc2ccccn2)n1. The molecule has 1 aliphatic heterocycles. The Balaban J connectivity index is 1.52. The zero-order chi connectivity index (χ0) is 16.9. The van der Waals surface area contributed by atoms with E-state index in [0.717, 1.165) is 50.2 Å². The summed E-state index contributed by atoms with van der Waals surface area (Å²) in [4.78, 5) is 19.0. The minimum atomic E-state index is 0.273. The summed E-state index contributed by atoms with van der Waals surface area (Å²) in [5, 5.41) is 4.54. The molecule has 0 radical (unpaired) electrons. The smallest absolute Gasteiger partial charge is 0.222 e. The molecule has 2 aromatic heterocycles. The van der Waals surface area contributed by atoms with Gasteiger partial charge >= 0.3 is 0 Å². The van der Waals surface area contributed by atoms with E-state index >= 15 is 0 Å². The van der Waals surface area contributed by atoms with E-state index in [9.17, 15) is 4.79 Å². The second-order valence-electron chi connectivity index (χ2n) is 6.67. The number of nitrogens with zero attached hydrogens (tertiary/aromatic N) is 4. The van der Waals surface area contributed by atoms with Crippen LogP contribution in [-0.2, 0) is 17.8 Å². The predicted octanol–water partition coefficient (Wildman–Crippen LogP) is 2.91. The maximum Gasteiger partial charge on any atom is 0.222 e. The van der Waals surface area contributed by atoms with Gasteiger partial charge in [0.15, 0.2) is 0 Å². The van der Waals surface area contributed by atoms with Crippen molar-refractivity contribution in [3.05, 3.63) is 47.5 Å².